The van der Waals surface area contributed by atoms with Crippen molar-refractivity contribution >= 4 is 11.8 Å². The van der Waals surface area contributed by atoms with Crippen molar-refractivity contribution in [2.75, 3.05) is 6.61 Å². The second-order valence-electron chi connectivity index (χ2n) is 3.10. The molecule has 72 valence electrons. The average Bonchev–Trinajstić information content (AvgIpc) is 1.82. The molecule has 0 aromatic rings. The van der Waals surface area contributed by atoms with E-state index in [0.717, 1.165) is 0 Å². The number of ether oxygens (including phenoxy) is 1. The minimum atomic E-state index is -0.196. The summed E-state index contributed by atoms with van der Waals surface area (Å²) >= 11 is 0. The van der Waals surface area contributed by atoms with Gasteiger partial charge in [-0.15, -0.1) is 0 Å². The van der Waals surface area contributed by atoms with Gasteiger partial charge >= 0.3 is 5.97 Å². The Morgan fingerprint density at radius 1 is 1.17 bits per heavy atom. The van der Waals surface area contributed by atoms with Crippen molar-refractivity contribution in [1.82, 2.24) is 0 Å². The monoisotopic (exact) mass is 174 g/mol. The van der Waals surface area contributed by atoms with Crippen molar-refractivity contribution < 1.29 is 14.3 Å². The topological polar surface area (TPSA) is 43.4 Å². The third kappa shape index (κ3) is 35.3. The normalized spacial score (nSPS) is 8.50. The van der Waals surface area contributed by atoms with E-state index in [2.05, 4.69) is 4.74 Å². The molecule has 0 aliphatic heterocycles. The zero-order valence-corrected chi connectivity index (χ0v) is 8.51. The van der Waals surface area contributed by atoms with Crippen LogP contribution in [0.25, 0.3) is 0 Å². The van der Waals surface area contributed by atoms with Gasteiger partial charge in [0.25, 0.3) is 0 Å². The third-order valence-electron chi connectivity index (χ3n) is 0.620. The van der Waals surface area contributed by atoms with Crippen LogP contribution in [-0.4, -0.2) is 18.4 Å². The van der Waals surface area contributed by atoms with Crippen LogP contribution in [0.2, 0.25) is 0 Å². The number of esters is 1. The van der Waals surface area contributed by atoms with Gasteiger partial charge in [-0.1, -0.05) is 13.8 Å². The Morgan fingerprint density at radius 3 is 1.58 bits per heavy atom. The first kappa shape index (κ1) is 13.7. The van der Waals surface area contributed by atoms with Crippen LogP contribution in [-0.2, 0) is 14.3 Å². The van der Waals surface area contributed by atoms with Crippen LogP contribution in [0.5, 0.6) is 0 Å². The molecule has 0 amide bonds. The van der Waals surface area contributed by atoms with Gasteiger partial charge in [-0.25, -0.2) is 0 Å². The highest BCUT2D eigenvalue weighted by Gasteiger charge is 1.94. The van der Waals surface area contributed by atoms with Crippen LogP contribution in [0.3, 0.4) is 0 Å². The molecule has 0 fully saturated rings. The lowest BCUT2D eigenvalue weighted by Crippen LogP contribution is -2.05. The predicted octanol–water partition coefficient (Wildman–Crippen LogP) is 1.80. The van der Waals surface area contributed by atoms with Crippen LogP contribution in [0, 0.1) is 5.92 Å². The number of ketones is 1. The molecule has 3 nitrogen and oxygen atoms in total. The molecule has 0 aromatic carbocycles. The molecular formula is C9H18O3. The van der Waals surface area contributed by atoms with Crippen molar-refractivity contribution in [2.45, 2.75) is 34.6 Å². The van der Waals surface area contributed by atoms with Gasteiger partial charge in [0.05, 0.1) is 6.61 Å². The highest BCUT2D eigenvalue weighted by atomic mass is 16.5. The van der Waals surface area contributed by atoms with Gasteiger partial charge in [0.15, 0.2) is 0 Å². The Labute approximate surface area is 74.1 Å². The molecule has 0 aromatic heterocycles. The molecule has 0 N–H and O–H groups in total. The van der Waals surface area contributed by atoms with Crippen LogP contribution in [0.15, 0.2) is 0 Å². The second-order valence-corrected chi connectivity index (χ2v) is 3.10. The molecule has 0 saturated heterocycles. The summed E-state index contributed by atoms with van der Waals surface area (Å²) in [6.07, 6.45) is 0. The van der Waals surface area contributed by atoms with E-state index in [0.29, 0.717) is 12.5 Å². The van der Waals surface area contributed by atoms with Crippen molar-refractivity contribution in [2.24, 2.45) is 5.92 Å². The van der Waals surface area contributed by atoms with Gasteiger partial charge in [-0.05, 0) is 19.8 Å². The highest BCUT2D eigenvalue weighted by Crippen LogP contribution is 1.91. The van der Waals surface area contributed by atoms with Gasteiger partial charge < -0.3 is 9.53 Å². The third-order valence-corrected chi connectivity index (χ3v) is 0.620. The van der Waals surface area contributed by atoms with Crippen molar-refractivity contribution in [3.05, 3.63) is 0 Å². The second kappa shape index (κ2) is 8.24. The van der Waals surface area contributed by atoms with E-state index in [-0.39, 0.29) is 11.8 Å². The van der Waals surface area contributed by atoms with E-state index in [1.807, 2.05) is 13.8 Å². The molecule has 0 aliphatic rings. The van der Waals surface area contributed by atoms with Crippen molar-refractivity contribution in [1.29, 1.82) is 0 Å². The minimum Gasteiger partial charge on any atom is -0.466 e. The molecule has 0 atom stereocenters. The zero-order valence-electron chi connectivity index (χ0n) is 8.51. The number of carbonyl (C=O) groups excluding carboxylic acids is 2. The summed E-state index contributed by atoms with van der Waals surface area (Å²) in [6.45, 7) is 9.02. The van der Waals surface area contributed by atoms with Crippen molar-refractivity contribution in [3.8, 4) is 0 Å². The minimum absolute atomic E-state index is 0.167. The molecule has 0 bridgehead atoms. The molecule has 0 heterocycles. The first-order valence-electron chi connectivity index (χ1n) is 3.96. The van der Waals surface area contributed by atoms with Crippen LogP contribution in [0.1, 0.15) is 34.6 Å². The van der Waals surface area contributed by atoms with Gasteiger partial charge in [0.1, 0.15) is 5.78 Å². The van der Waals surface area contributed by atoms with Gasteiger partial charge in [0.2, 0.25) is 0 Å². The number of hydrogen-bond donors (Lipinski definition) is 0. The molecule has 0 saturated carbocycles. The highest BCUT2D eigenvalue weighted by molar-refractivity contribution is 5.72. The molecule has 0 rings (SSSR count). The maximum absolute atomic E-state index is 10.1. The van der Waals surface area contributed by atoms with Crippen LogP contribution in [0.4, 0.5) is 0 Å². The number of carbonyl (C=O) groups is 2. The smallest absolute Gasteiger partial charge is 0.302 e. The number of Topliss-reactive ketones (excluding diaryl/α,β-unsaturated/α-hetero) is 1. The van der Waals surface area contributed by atoms with Gasteiger partial charge in [-0.3, -0.25) is 4.79 Å². The van der Waals surface area contributed by atoms with E-state index in [1.54, 1.807) is 0 Å². The fraction of sp³-hybridized carbons (Fsp3) is 0.778. The first-order valence-corrected chi connectivity index (χ1v) is 3.96. The maximum Gasteiger partial charge on any atom is 0.302 e. The summed E-state index contributed by atoms with van der Waals surface area (Å²) in [4.78, 5) is 19.6. The maximum atomic E-state index is 10.1. The van der Waals surface area contributed by atoms with E-state index < -0.39 is 0 Å². The Bertz CT molecular complexity index is 135. The number of hydrogen-bond acceptors (Lipinski definition) is 3. The Morgan fingerprint density at radius 2 is 1.50 bits per heavy atom. The molecule has 12 heavy (non-hydrogen) atoms. The summed E-state index contributed by atoms with van der Waals surface area (Å²) < 4.78 is 4.66. The predicted molar refractivity (Wildman–Crippen MR) is 47.8 cm³/mol. The van der Waals surface area contributed by atoms with Crippen molar-refractivity contribution in [3.63, 3.8) is 0 Å². The summed E-state index contributed by atoms with van der Waals surface area (Å²) in [5, 5.41) is 0. The SMILES string of the molecule is CC(=O)OCC(C)C.CC(C)=O. The summed E-state index contributed by atoms with van der Waals surface area (Å²) in [5.41, 5.74) is 0. The largest absolute Gasteiger partial charge is 0.466 e. The average molecular weight is 174 g/mol. The summed E-state index contributed by atoms with van der Waals surface area (Å²) in [6, 6.07) is 0. The van der Waals surface area contributed by atoms with E-state index in [4.69, 9.17) is 0 Å². The molecule has 0 aliphatic carbocycles. The molecule has 0 spiro atoms. The van der Waals surface area contributed by atoms with E-state index in [1.165, 1.54) is 20.8 Å². The lowest BCUT2D eigenvalue weighted by atomic mass is 10.2. The zero-order chi connectivity index (χ0) is 10.1. The lowest BCUT2D eigenvalue weighted by Gasteiger charge is -2.02. The van der Waals surface area contributed by atoms with E-state index >= 15 is 0 Å². The fourth-order valence-corrected chi connectivity index (χ4v) is 0.284. The lowest BCUT2D eigenvalue weighted by molar-refractivity contribution is -0.142. The summed E-state index contributed by atoms with van der Waals surface area (Å²) in [5.74, 6) is 0.414. The van der Waals surface area contributed by atoms with Crippen LogP contribution < -0.4 is 0 Å². The fourth-order valence-electron chi connectivity index (χ4n) is 0.284. The van der Waals surface area contributed by atoms with Gasteiger partial charge in [-0.2, -0.15) is 0 Å². The summed E-state index contributed by atoms with van der Waals surface area (Å²) in [7, 11) is 0. The standard InChI is InChI=1S/C6H12O2.C3H6O/c1-5(2)4-8-6(3)7;1-3(2)4/h5H,4H2,1-3H3;1-2H3. The van der Waals surface area contributed by atoms with E-state index in [9.17, 15) is 9.59 Å². The quantitative estimate of drug-likeness (QED) is 0.599. The first-order chi connectivity index (χ1) is 5.36. The molecule has 0 unspecified atom stereocenters. The Balaban J connectivity index is 0. The molecule has 0 radical (unpaired) electrons. The number of rotatable bonds is 2. The molecule has 3 heteroatoms. The Hall–Kier alpha value is -0.860. The molecular weight excluding hydrogens is 156 g/mol. The van der Waals surface area contributed by atoms with Gasteiger partial charge in [0, 0.05) is 6.92 Å². The Kier molecular flexibility index (Phi) is 9.41. The van der Waals surface area contributed by atoms with Crippen LogP contribution >= 0.6 is 0 Å².